The molecule has 1 aliphatic rings. The molecular formula is C10H15BrF3NO2. The van der Waals surface area contributed by atoms with Crippen molar-refractivity contribution >= 4 is 21.8 Å². The average molecular weight is 318 g/mol. The zero-order chi connectivity index (χ0) is 13.1. The fraction of sp³-hybridized carbons (Fsp3) is 0.900. The van der Waals surface area contributed by atoms with Gasteiger partial charge in [0.1, 0.15) is 12.6 Å². The Morgan fingerprint density at radius 2 is 2.12 bits per heavy atom. The Bertz CT molecular complexity index is 273. The summed E-state index contributed by atoms with van der Waals surface area (Å²) >= 11 is 3.04. The van der Waals surface area contributed by atoms with E-state index < -0.39 is 24.7 Å². The van der Waals surface area contributed by atoms with Crippen LogP contribution in [0.3, 0.4) is 0 Å². The number of amides is 1. The second-order valence-corrected chi connectivity index (χ2v) is 4.87. The molecule has 0 N–H and O–H groups in total. The summed E-state index contributed by atoms with van der Waals surface area (Å²) in [5, 5.41) is 0.317. The largest absolute Gasteiger partial charge is 0.406 e. The zero-order valence-corrected chi connectivity index (χ0v) is 11.1. The molecule has 17 heavy (non-hydrogen) atoms. The van der Waals surface area contributed by atoms with Crippen LogP contribution in [0.2, 0.25) is 0 Å². The third-order valence-corrected chi connectivity index (χ3v) is 2.90. The van der Waals surface area contributed by atoms with E-state index >= 15 is 0 Å². The monoisotopic (exact) mass is 317 g/mol. The normalized spacial score (nSPS) is 25.0. The third-order valence-electron chi connectivity index (χ3n) is 2.54. The van der Waals surface area contributed by atoms with Gasteiger partial charge >= 0.3 is 6.18 Å². The van der Waals surface area contributed by atoms with Crippen molar-refractivity contribution < 1.29 is 22.7 Å². The lowest BCUT2D eigenvalue weighted by Crippen LogP contribution is -2.45. The molecule has 0 aromatic carbocycles. The summed E-state index contributed by atoms with van der Waals surface area (Å²) < 4.78 is 42.2. The standard InChI is InChI=1S/C10H15BrF3NO2/c1-7-2-3-8(17-7)9(16)15(5-4-11)6-10(12,13)14/h7-8H,2-6H2,1H3. The fourth-order valence-electron chi connectivity index (χ4n) is 1.77. The molecule has 2 atom stereocenters. The third kappa shape index (κ3) is 4.83. The number of carbonyl (C=O) groups is 1. The van der Waals surface area contributed by atoms with Gasteiger partial charge in [-0.15, -0.1) is 0 Å². The van der Waals surface area contributed by atoms with Crippen LogP contribution >= 0.6 is 15.9 Å². The van der Waals surface area contributed by atoms with Crippen molar-refractivity contribution in [1.82, 2.24) is 4.90 Å². The van der Waals surface area contributed by atoms with E-state index in [9.17, 15) is 18.0 Å². The van der Waals surface area contributed by atoms with E-state index in [1.165, 1.54) is 0 Å². The first-order chi connectivity index (χ1) is 7.83. The molecule has 1 aliphatic heterocycles. The Kier molecular flexibility index (Phi) is 5.24. The molecule has 0 saturated carbocycles. The van der Waals surface area contributed by atoms with Crippen molar-refractivity contribution in [2.45, 2.75) is 38.1 Å². The van der Waals surface area contributed by atoms with Crippen LogP contribution in [0.25, 0.3) is 0 Å². The first-order valence-electron chi connectivity index (χ1n) is 5.40. The van der Waals surface area contributed by atoms with Crippen molar-refractivity contribution in [2.24, 2.45) is 0 Å². The second kappa shape index (κ2) is 6.04. The Morgan fingerprint density at radius 1 is 1.47 bits per heavy atom. The van der Waals surface area contributed by atoms with Crippen molar-refractivity contribution in [1.29, 1.82) is 0 Å². The van der Waals surface area contributed by atoms with Crippen LogP contribution in [0.15, 0.2) is 0 Å². The number of hydrogen-bond acceptors (Lipinski definition) is 2. The Hall–Kier alpha value is -0.300. The summed E-state index contributed by atoms with van der Waals surface area (Å²) in [5.74, 6) is -0.564. The van der Waals surface area contributed by atoms with Gasteiger partial charge in [0.2, 0.25) is 0 Å². The van der Waals surface area contributed by atoms with Crippen molar-refractivity contribution in [3.05, 3.63) is 0 Å². The molecule has 0 aliphatic carbocycles. The predicted octanol–water partition coefficient (Wildman–Crippen LogP) is 2.34. The number of halogens is 4. The molecule has 1 heterocycles. The van der Waals surface area contributed by atoms with E-state index in [0.717, 1.165) is 4.90 Å². The minimum absolute atomic E-state index is 0.0343. The van der Waals surface area contributed by atoms with Gasteiger partial charge in [-0.2, -0.15) is 13.2 Å². The summed E-state index contributed by atoms with van der Waals surface area (Å²) in [6.07, 6.45) is -3.93. The molecule has 1 amide bonds. The molecule has 3 nitrogen and oxygen atoms in total. The van der Waals surface area contributed by atoms with Gasteiger partial charge in [-0.05, 0) is 19.8 Å². The van der Waals surface area contributed by atoms with Gasteiger partial charge in [-0.25, -0.2) is 0 Å². The van der Waals surface area contributed by atoms with Crippen LogP contribution in [0.1, 0.15) is 19.8 Å². The van der Waals surface area contributed by atoms with Crippen molar-refractivity contribution in [3.63, 3.8) is 0 Å². The first-order valence-corrected chi connectivity index (χ1v) is 6.52. The number of hydrogen-bond donors (Lipinski definition) is 0. The summed E-state index contributed by atoms with van der Waals surface area (Å²) in [4.78, 5) is 12.6. The Balaban J connectivity index is 2.60. The Morgan fingerprint density at radius 3 is 2.53 bits per heavy atom. The lowest BCUT2D eigenvalue weighted by Gasteiger charge is -2.25. The van der Waals surface area contributed by atoms with E-state index in [1.54, 1.807) is 0 Å². The van der Waals surface area contributed by atoms with Crippen LogP contribution < -0.4 is 0 Å². The van der Waals surface area contributed by atoms with Crippen LogP contribution in [0, 0.1) is 0 Å². The molecule has 1 fully saturated rings. The minimum atomic E-state index is -4.37. The van der Waals surface area contributed by atoms with Gasteiger partial charge in [0.15, 0.2) is 0 Å². The minimum Gasteiger partial charge on any atom is -0.365 e. The summed E-state index contributed by atoms with van der Waals surface area (Å²) in [5.41, 5.74) is 0. The highest BCUT2D eigenvalue weighted by Gasteiger charge is 2.37. The molecule has 0 aromatic heterocycles. The van der Waals surface area contributed by atoms with Gasteiger partial charge in [0.05, 0.1) is 6.10 Å². The lowest BCUT2D eigenvalue weighted by molar-refractivity contribution is -0.167. The smallest absolute Gasteiger partial charge is 0.365 e. The lowest BCUT2D eigenvalue weighted by atomic mass is 10.2. The molecule has 100 valence electrons. The quantitative estimate of drug-likeness (QED) is 0.745. The molecular weight excluding hydrogens is 303 g/mol. The van der Waals surface area contributed by atoms with Gasteiger partial charge < -0.3 is 9.64 Å². The molecule has 2 unspecified atom stereocenters. The molecule has 0 bridgehead atoms. The van der Waals surface area contributed by atoms with Gasteiger partial charge in [0, 0.05) is 11.9 Å². The van der Waals surface area contributed by atoms with Crippen LogP contribution in [-0.4, -0.2) is 47.6 Å². The van der Waals surface area contributed by atoms with Crippen LogP contribution in [0.4, 0.5) is 13.2 Å². The number of ether oxygens (including phenoxy) is 1. The van der Waals surface area contributed by atoms with E-state index in [-0.39, 0.29) is 12.6 Å². The van der Waals surface area contributed by atoms with Gasteiger partial charge in [0.25, 0.3) is 5.91 Å². The fourth-order valence-corrected chi connectivity index (χ4v) is 2.20. The van der Waals surface area contributed by atoms with E-state index in [1.807, 2.05) is 6.92 Å². The van der Waals surface area contributed by atoms with Gasteiger partial charge in [-0.3, -0.25) is 4.79 Å². The number of carbonyl (C=O) groups excluding carboxylic acids is 1. The zero-order valence-electron chi connectivity index (χ0n) is 9.47. The highest BCUT2D eigenvalue weighted by molar-refractivity contribution is 9.09. The molecule has 0 aromatic rings. The first kappa shape index (κ1) is 14.8. The topological polar surface area (TPSA) is 29.5 Å². The SMILES string of the molecule is CC1CCC(C(=O)N(CCBr)CC(F)(F)F)O1. The summed E-state index contributed by atoms with van der Waals surface area (Å²) in [6.45, 7) is 0.629. The van der Waals surface area contributed by atoms with E-state index in [2.05, 4.69) is 15.9 Å². The van der Waals surface area contributed by atoms with Gasteiger partial charge in [-0.1, -0.05) is 15.9 Å². The summed E-state index contributed by atoms with van der Waals surface area (Å²) in [7, 11) is 0. The number of nitrogens with zero attached hydrogens (tertiary/aromatic N) is 1. The molecule has 7 heteroatoms. The van der Waals surface area contributed by atoms with E-state index in [0.29, 0.717) is 18.2 Å². The molecule has 0 spiro atoms. The van der Waals surface area contributed by atoms with E-state index in [4.69, 9.17) is 4.74 Å². The predicted molar refractivity (Wildman–Crippen MR) is 60.0 cm³/mol. The second-order valence-electron chi connectivity index (χ2n) is 4.08. The maximum absolute atomic E-state index is 12.3. The highest BCUT2D eigenvalue weighted by atomic mass is 79.9. The maximum atomic E-state index is 12.3. The van der Waals surface area contributed by atoms with Crippen LogP contribution in [0.5, 0.6) is 0 Å². The highest BCUT2D eigenvalue weighted by Crippen LogP contribution is 2.23. The Labute approximate surface area is 106 Å². The van der Waals surface area contributed by atoms with Crippen LogP contribution in [-0.2, 0) is 9.53 Å². The van der Waals surface area contributed by atoms with Crippen molar-refractivity contribution in [2.75, 3.05) is 18.4 Å². The number of rotatable bonds is 4. The average Bonchev–Trinajstić information content (AvgIpc) is 2.61. The summed E-state index contributed by atoms with van der Waals surface area (Å²) in [6, 6.07) is 0. The molecule has 1 saturated heterocycles. The number of alkyl halides is 4. The molecule has 0 radical (unpaired) electrons. The molecule has 1 rings (SSSR count). The van der Waals surface area contributed by atoms with Crippen molar-refractivity contribution in [3.8, 4) is 0 Å². The maximum Gasteiger partial charge on any atom is 0.406 e.